The SMILES string of the molecule is O=C(CCc1ccncc1)N1CCC2(CCC(=O)N(Cc3ccccn3)C2)CC1. The molecule has 0 aromatic carbocycles. The molecule has 29 heavy (non-hydrogen) atoms. The van der Waals surface area contributed by atoms with E-state index < -0.39 is 0 Å². The molecular formula is C23H28N4O2. The minimum absolute atomic E-state index is 0.143. The maximum atomic E-state index is 12.6. The fraction of sp³-hybridized carbons (Fsp3) is 0.478. The van der Waals surface area contributed by atoms with Gasteiger partial charge in [0, 0.05) is 51.1 Å². The van der Waals surface area contributed by atoms with Crippen LogP contribution >= 0.6 is 0 Å². The van der Waals surface area contributed by atoms with Gasteiger partial charge in [0.25, 0.3) is 0 Å². The summed E-state index contributed by atoms with van der Waals surface area (Å²) < 4.78 is 0. The van der Waals surface area contributed by atoms with Gasteiger partial charge in [-0.3, -0.25) is 19.6 Å². The number of aromatic nitrogens is 2. The van der Waals surface area contributed by atoms with Crippen LogP contribution in [0.15, 0.2) is 48.9 Å². The second-order valence-electron chi connectivity index (χ2n) is 8.31. The summed E-state index contributed by atoms with van der Waals surface area (Å²) in [4.78, 5) is 37.4. The molecule has 2 fully saturated rings. The Bertz CT molecular complexity index is 832. The normalized spacial score (nSPS) is 18.8. The molecule has 2 amide bonds. The van der Waals surface area contributed by atoms with Crippen molar-refractivity contribution in [2.45, 2.75) is 45.1 Å². The van der Waals surface area contributed by atoms with Crippen LogP contribution in [0.4, 0.5) is 0 Å². The maximum absolute atomic E-state index is 12.6. The predicted octanol–water partition coefficient (Wildman–Crippen LogP) is 2.84. The fourth-order valence-corrected chi connectivity index (χ4v) is 4.53. The Kier molecular flexibility index (Phi) is 5.88. The van der Waals surface area contributed by atoms with Gasteiger partial charge in [0.1, 0.15) is 0 Å². The third-order valence-electron chi connectivity index (χ3n) is 6.38. The van der Waals surface area contributed by atoms with Gasteiger partial charge in [0.05, 0.1) is 12.2 Å². The average molecular weight is 393 g/mol. The van der Waals surface area contributed by atoms with Crippen LogP contribution in [-0.4, -0.2) is 51.2 Å². The molecule has 6 nitrogen and oxygen atoms in total. The van der Waals surface area contributed by atoms with Crippen LogP contribution in [0.5, 0.6) is 0 Å². The minimum atomic E-state index is 0.143. The Labute approximate surface area is 172 Å². The standard InChI is InChI=1S/C23H28N4O2/c28-21(5-4-19-7-13-24-14-8-19)26-15-10-23(11-16-26)9-6-22(29)27(18-23)17-20-3-1-2-12-25-20/h1-3,7-8,12-14H,4-6,9-11,15-18H2. The molecule has 0 atom stereocenters. The molecule has 2 aromatic rings. The molecule has 4 heterocycles. The van der Waals surface area contributed by atoms with Crippen molar-refractivity contribution in [3.05, 3.63) is 60.2 Å². The van der Waals surface area contributed by atoms with Crippen molar-refractivity contribution in [1.29, 1.82) is 0 Å². The quantitative estimate of drug-likeness (QED) is 0.785. The zero-order chi connectivity index (χ0) is 20.1. The molecule has 0 unspecified atom stereocenters. The lowest BCUT2D eigenvalue weighted by atomic mass is 9.72. The van der Waals surface area contributed by atoms with Crippen molar-refractivity contribution >= 4 is 11.8 Å². The van der Waals surface area contributed by atoms with Gasteiger partial charge >= 0.3 is 0 Å². The van der Waals surface area contributed by atoms with Crippen LogP contribution in [0.3, 0.4) is 0 Å². The van der Waals surface area contributed by atoms with Gasteiger partial charge in [-0.15, -0.1) is 0 Å². The lowest BCUT2D eigenvalue weighted by molar-refractivity contribution is -0.143. The maximum Gasteiger partial charge on any atom is 0.222 e. The molecule has 0 bridgehead atoms. The number of hydrogen-bond acceptors (Lipinski definition) is 4. The van der Waals surface area contributed by atoms with E-state index in [1.165, 1.54) is 0 Å². The van der Waals surface area contributed by atoms with Crippen molar-refractivity contribution in [3.63, 3.8) is 0 Å². The van der Waals surface area contributed by atoms with Gasteiger partial charge in [0.15, 0.2) is 0 Å². The van der Waals surface area contributed by atoms with Gasteiger partial charge in [-0.25, -0.2) is 0 Å². The number of nitrogens with zero attached hydrogens (tertiary/aromatic N) is 4. The predicted molar refractivity (Wildman–Crippen MR) is 110 cm³/mol. The van der Waals surface area contributed by atoms with Crippen molar-refractivity contribution < 1.29 is 9.59 Å². The van der Waals surface area contributed by atoms with Gasteiger partial charge in [0.2, 0.25) is 11.8 Å². The van der Waals surface area contributed by atoms with Gasteiger partial charge < -0.3 is 9.80 Å². The first-order valence-corrected chi connectivity index (χ1v) is 10.5. The Hall–Kier alpha value is -2.76. The highest BCUT2D eigenvalue weighted by molar-refractivity contribution is 5.78. The number of rotatable bonds is 5. The highest BCUT2D eigenvalue weighted by atomic mass is 16.2. The number of piperidine rings is 2. The Balaban J connectivity index is 1.30. The van der Waals surface area contributed by atoms with E-state index in [1.54, 1.807) is 18.6 Å². The summed E-state index contributed by atoms with van der Waals surface area (Å²) >= 11 is 0. The van der Waals surface area contributed by atoms with Crippen molar-refractivity contribution in [1.82, 2.24) is 19.8 Å². The highest BCUT2D eigenvalue weighted by Crippen LogP contribution is 2.40. The second kappa shape index (κ2) is 8.72. The van der Waals surface area contributed by atoms with E-state index in [0.29, 0.717) is 19.4 Å². The molecule has 0 radical (unpaired) electrons. The Morgan fingerprint density at radius 3 is 2.55 bits per heavy atom. The number of aryl methyl sites for hydroxylation is 1. The molecular weight excluding hydrogens is 364 g/mol. The topological polar surface area (TPSA) is 66.4 Å². The molecule has 0 saturated carbocycles. The summed E-state index contributed by atoms with van der Waals surface area (Å²) in [7, 11) is 0. The zero-order valence-corrected chi connectivity index (χ0v) is 16.8. The number of pyridine rings is 2. The number of carbonyl (C=O) groups is 2. The molecule has 0 N–H and O–H groups in total. The lowest BCUT2D eigenvalue weighted by Gasteiger charge is -2.47. The van der Waals surface area contributed by atoms with Crippen LogP contribution in [0.2, 0.25) is 0 Å². The first-order chi connectivity index (χ1) is 14.1. The van der Waals surface area contributed by atoms with E-state index in [2.05, 4.69) is 9.97 Å². The molecule has 2 aromatic heterocycles. The van der Waals surface area contributed by atoms with Crippen LogP contribution in [0.25, 0.3) is 0 Å². The van der Waals surface area contributed by atoms with Crippen molar-refractivity contribution in [2.75, 3.05) is 19.6 Å². The molecule has 6 heteroatoms. The Morgan fingerprint density at radius 1 is 1.03 bits per heavy atom. The van der Waals surface area contributed by atoms with E-state index in [-0.39, 0.29) is 17.2 Å². The molecule has 2 aliphatic heterocycles. The fourth-order valence-electron chi connectivity index (χ4n) is 4.53. The molecule has 2 saturated heterocycles. The van der Waals surface area contributed by atoms with Crippen LogP contribution in [0.1, 0.15) is 43.4 Å². The van der Waals surface area contributed by atoms with Crippen LogP contribution in [-0.2, 0) is 22.6 Å². The van der Waals surface area contributed by atoms with E-state index in [1.807, 2.05) is 40.1 Å². The first kappa shape index (κ1) is 19.6. The second-order valence-corrected chi connectivity index (χ2v) is 8.31. The zero-order valence-electron chi connectivity index (χ0n) is 16.8. The first-order valence-electron chi connectivity index (χ1n) is 10.5. The summed E-state index contributed by atoms with van der Waals surface area (Å²) in [6.45, 7) is 2.94. The molecule has 1 spiro atoms. The Morgan fingerprint density at radius 2 is 1.83 bits per heavy atom. The molecule has 4 rings (SSSR count). The van der Waals surface area contributed by atoms with Crippen molar-refractivity contribution in [2.24, 2.45) is 5.41 Å². The van der Waals surface area contributed by atoms with Crippen LogP contribution in [0, 0.1) is 5.41 Å². The summed E-state index contributed by atoms with van der Waals surface area (Å²) in [5, 5.41) is 0. The lowest BCUT2D eigenvalue weighted by Crippen LogP contribution is -2.52. The number of amides is 2. The molecule has 152 valence electrons. The molecule has 0 aliphatic carbocycles. The van der Waals surface area contributed by atoms with Gasteiger partial charge in [-0.2, -0.15) is 0 Å². The van der Waals surface area contributed by atoms with E-state index >= 15 is 0 Å². The molecule has 2 aliphatic rings. The number of likely N-dealkylation sites (tertiary alicyclic amines) is 2. The van der Waals surface area contributed by atoms with E-state index in [0.717, 1.165) is 56.6 Å². The smallest absolute Gasteiger partial charge is 0.222 e. The number of carbonyl (C=O) groups excluding carboxylic acids is 2. The summed E-state index contributed by atoms with van der Waals surface area (Å²) in [6, 6.07) is 9.76. The van der Waals surface area contributed by atoms with Gasteiger partial charge in [-0.1, -0.05) is 6.07 Å². The van der Waals surface area contributed by atoms with E-state index in [9.17, 15) is 9.59 Å². The highest BCUT2D eigenvalue weighted by Gasteiger charge is 2.41. The van der Waals surface area contributed by atoms with E-state index in [4.69, 9.17) is 0 Å². The third-order valence-corrected chi connectivity index (χ3v) is 6.38. The largest absolute Gasteiger partial charge is 0.343 e. The number of hydrogen-bond donors (Lipinski definition) is 0. The van der Waals surface area contributed by atoms with Crippen molar-refractivity contribution in [3.8, 4) is 0 Å². The minimum Gasteiger partial charge on any atom is -0.343 e. The van der Waals surface area contributed by atoms with Crippen LogP contribution < -0.4 is 0 Å². The average Bonchev–Trinajstić information content (AvgIpc) is 2.77. The summed E-state index contributed by atoms with van der Waals surface area (Å²) in [6.07, 6.45) is 10.1. The summed E-state index contributed by atoms with van der Waals surface area (Å²) in [5.74, 6) is 0.450. The van der Waals surface area contributed by atoms with Gasteiger partial charge in [-0.05, 0) is 60.9 Å². The monoisotopic (exact) mass is 392 g/mol. The summed E-state index contributed by atoms with van der Waals surface area (Å²) in [5.41, 5.74) is 2.23. The third kappa shape index (κ3) is 4.81.